The van der Waals surface area contributed by atoms with Crippen molar-refractivity contribution in [1.82, 2.24) is 4.90 Å². The maximum atomic E-state index is 12.7. The lowest BCUT2D eigenvalue weighted by molar-refractivity contribution is -0.139. The molecule has 1 aliphatic heterocycles. The number of carbonyl (C=O) groups excluding carboxylic acids is 1. The summed E-state index contributed by atoms with van der Waals surface area (Å²) < 4.78 is 11.7. The minimum atomic E-state index is -0.789. The molecule has 0 spiro atoms. The SMILES string of the molecule is CCCC[C@](C)(OCC)C(=O)Nc1ccc(OCCN2C[C@H](C)C[C@H](C)C2)cc1. The third-order valence-corrected chi connectivity index (χ3v) is 5.68. The van der Waals surface area contributed by atoms with Crippen LogP contribution >= 0.6 is 0 Å². The minimum Gasteiger partial charge on any atom is -0.492 e. The number of carbonyl (C=O) groups is 1. The second kappa shape index (κ2) is 11.6. The number of anilines is 1. The normalized spacial score (nSPS) is 22.1. The fourth-order valence-corrected chi connectivity index (χ4v) is 4.25. The molecule has 1 heterocycles. The Balaban J connectivity index is 1.82. The van der Waals surface area contributed by atoms with Gasteiger partial charge in [0.15, 0.2) is 0 Å². The molecule has 2 rings (SSSR count). The van der Waals surface area contributed by atoms with E-state index in [-0.39, 0.29) is 5.91 Å². The topological polar surface area (TPSA) is 50.8 Å². The first-order valence-corrected chi connectivity index (χ1v) is 11.3. The number of benzene rings is 1. The summed E-state index contributed by atoms with van der Waals surface area (Å²) in [5.74, 6) is 2.28. The van der Waals surface area contributed by atoms with E-state index >= 15 is 0 Å². The largest absolute Gasteiger partial charge is 0.492 e. The summed E-state index contributed by atoms with van der Waals surface area (Å²) in [4.78, 5) is 15.2. The number of ether oxygens (including phenoxy) is 2. The first-order valence-electron chi connectivity index (χ1n) is 11.3. The van der Waals surface area contributed by atoms with E-state index in [4.69, 9.17) is 9.47 Å². The number of nitrogens with zero attached hydrogens (tertiary/aromatic N) is 1. The van der Waals surface area contributed by atoms with Gasteiger partial charge < -0.3 is 14.8 Å². The van der Waals surface area contributed by atoms with Gasteiger partial charge in [0, 0.05) is 31.9 Å². The summed E-state index contributed by atoms with van der Waals surface area (Å²) in [6.07, 6.45) is 4.05. The number of nitrogens with one attached hydrogen (secondary N) is 1. The van der Waals surface area contributed by atoms with Crippen molar-refractivity contribution in [3.63, 3.8) is 0 Å². The molecule has 1 aliphatic rings. The molecule has 0 aliphatic carbocycles. The molecule has 1 aromatic rings. The van der Waals surface area contributed by atoms with Crippen LogP contribution in [0.2, 0.25) is 0 Å². The van der Waals surface area contributed by atoms with E-state index in [0.29, 0.717) is 13.2 Å². The lowest BCUT2D eigenvalue weighted by Crippen LogP contribution is -2.42. The summed E-state index contributed by atoms with van der Waals surface area (Å²) in [6, 6.07) is 7.62. The van der Waals surface area contributed by atoms with Gasteiger partial charge in [-0.15, -0.1) is 0 Å². The molecule has 29 heavy (non-hydrogen) atoms. The lowest BCUT2D eigenvalue weighted by atomic mass is 9.92. The minimum absolute atomic E-state index is 0.0881. The van der Waals surface area contributed by atoms with Gasteiger partial charge in [-0.1, -0.05) is 33.6 Å². The van der Waals surface area contributed by atoms with Crippen LogP contribution in [0.1, 0.15) is 60.3 Å². The van der Waals surface area contributed by atoms with Crippen molar-refractivity contribution < 1.29 is 14.3 Å². The predicted molar refractivity (Wildman–Crippen MR) is 120 cm³/mol. The molecule has 1 N–H and O–H groups in total. The van der Waals surface area contributed by atoms with Crippen molar-refractivity contribution in [2.24, 2.45) is 11.8 Å². The van der Waals surface area contributed by atoms with Gasteiger partial charge in [0.1, 0.15) is 18.0 Å². The highest BCUT2D eigenvalue weighted by molar-refractivity contribution is 5.97. The van der Waals surface area contributed by atoms with Gasteiger partial charge in [0.05, 0.1) is 0 Å². The van der Waals surface area contributed by atoms with Gasteiger partial charge in [0.2, 0.25) is 0 Å². The van der Waals surface area contributed by atoms with Crippen molar-refractivity contribution in [3.8, 4) is 5.75 Å². The molecule has 1 fully saturated rings. The predicted octanol–water partition coefficient (Wildman–Crippen LogP) is 4.97. The molecule has 5 nitrogen and oxygen atoms in total. The summed E-state index contributed by atoms with van der Waals surface area (Å²) in [7, 11) is 0. The van der Waals surface area contributed by atoms with E-state index in [0.717, 1.165) is 62.2 Å². The smallest absolute Gasteiger partial charge is 0.256 e. The van der Waals surface area contributed by atoms with E-state index in [2.05, 4.69) is 31.0 Å². The quantitative estimate of drug-likeness (QED) is 0.566. The number of piperidine rings is 1. The molecule has 0 unspecified atom stereocenters. The number of likely N-dealkylation sites (tertiary alicyclic amines) is 1. The monoisotopic (exact) mass is 404 g/mol. The Hall–Kier alpha value is -1.59. The maximum absolute atomic E-state index is 12.7. The third kappa shape index (κ3) is 7.63. The van der Waals surface area contributed by atoms with Crippen molar-refractivity contribution >= 4 is 11.6 Å². The number of rotatable bonds is 11. The zero-order valence-corrected chi connectivity index (χ0v) is 19.0. The Bertz CT molecular complexity index is 609. The molecule has 0 bridgehead atoms. The van der Waals surface area contributed by atoms with Crippen LogP contribution in [0.5, 0.6) is 5.75 Å². The van der Waals surface area contributed by atoms with E-state index in [1.807, 2.05) is 38.1 Å². The van der Waals surface area contributed by atoms with Gasteiger partial charge in [-0.2, -0.15) is 0 Å². The fourth-order valence-electron chi connectivity index (χ4n) is 4.25. The number of hydrogen-bond acceptors (Lipinski definition) is 4. The summed E-state index contributed by atoms with van der Waals surface area (Å²) >= 11 is 0. The molecule has 0 aromatic heterocycles. The number of hydrogen-bond donors (Lipinski definition) is 1. The fraction of sp³-hybridized carbons (Fsp3) is 0.708. The highest BCUT2D eigenvalue weighted by Crippen LogP contribution is 2.23. The van der Waals surface area contributed by atoms with Crippen LogP contribution in [-0.2, 0) is 9.53 Å². The van der Waals surface area contributed by atoms with Crippen LogP contribution in [0.25, 0.3) is 0 Å². The number of amides is 1. The van der Waals surface area contributed by atoms with Crippen molar-refractivity contribution in [1.29, 1.82) is 0 Å². The molecule has 1 amide bonds. The summed E-state index contributed by atoms with van der Waals surface area (Å²) in [5, 5.41) is 2.99. The summed E-state index contributed by atoms with van der Waals surface area (Å²) in [6.45, 7) is 15.1. The Morgan fingerprint density at radius 1 is 1.17 bits per heavy atom. The number of unbranched alkanes of at least 4 members (excludes halogenated alkanes) is 1. The first-order chi connectivity index (χ1) is 13.9. The Morgan fingerprint density at radius 2 is 1.83 bits per heavy atom. The molecular formula is C24H40N2O3. The molecule has 3 atom stereocenters. The van der Waals surface area contributed by atoms with Crippen molar-refractivity contribution in [2.45, 2.75) is 65.9 Å². The van der Waals surface area contributed by atoms with Crippen LogP contribution in [0.3, 0.4) is 0 Å². The van der Waals surface area contributed by atoms with Crippen LogP contribution in [0.4, 0.5) is 5.69 Å². The molecule has 1 aromatic carbocycles. The second-order valence-electron chi connectivity index (χ2n) is 8.80. The zero-order chi connectivity index (χ0) is 21.3. The van der Waals surface area contributed by atoms with Gasteiger partial charge in [-0.25, -0.2) is 0 Å². The molecule has 1 saturated heterocycles. The average molecular weight is 405 g/mol. The van der Waals surface area contributed by atoms with Crippen molar-refractivity contribution in [2.75, 3.05) is 38.2 Å². The molecule has 164 valence electrons. The lowest BCUT2D eigenvalue weighted by Gasteiger charge is -2.34. The molecule has 0 saturated carbocycles. The van der Waals surface area contributed by atoms with Gasteiger partial charge >= 0.3 is 0 Å². The van der Waals surface area contributed by atoms with E-state index in [9.17, 15) is 4.79 Å². The van der Waals surface area contributed by atoms with Crippen LogP contribution in [0, 0.1) is 11.8 Å². The van der Waals surface area contributed by atoms with Crippen molar-refractivity contribution in [3.05, 3.63) is 24.3 Å². The Morgan fingerprint density at radius 3 is 2.41 bits per heavy atom. The van der Waals surface area contributed by atoms with Gasteiger partial charge in [0.25, 0.3) is 5.91 Å². The molecule has 0 radical (unpaired) electrons. The van der Waals surface area contributed by atoms with E-state index < -0.39 is 5.60 Å². The highest BCUT2D eigenvalue weighted by atomic mass is 16.5. The van der Waals surface area contributed by atoms with Gasteiger partial charge in [-0.3, -0.25) is 9.69 Å². The van der Waals surface area contributed by atoms with Crippen LogP contribution in [0.15, 0.2) is 24.3 Å². The van der Waals surface area contributed by atoms with Gasteiger partial charge in [-0.05, 0) is 62.8 Å². The Labute approximate surface area is 177 Å². The van der Waals surface area contributed by atoms with Crippen LogP contribution in [-0.4, -0.2) is 49.3 Å². The average Bonchev–Trinajstić information content (AvgIpc) is 2.67. The first kappa shape index (κ1) is 23.7. The molecule has 5 heteroatoms. The highest BCUT2D eigenvalue weighted by Gasteiger charge is 2.33. The van der Waals surface area contributed by atoms with E-state index in [1.165, 1.54) is 6.42 Å². The van der Waals surface area contributed by atoms with Crippen LogP contribution < -0.4 is 10.1 Å². The summed E-state index contributed by atoms with van der Waals surface area (Å²) in [5.41, 5.74) is -0.0220. The maximum Gasteiger partial charge on any atom is 0.256 e. The molecular weight excluding hydrogens is 364 g/mol. The third-order valence-electron chi connectivity index (χ3n) is 5.68. The Kier molecular flexibility index (Phi) is 9.44. The second-order valence-corrected chi connectivity index (χ2v) is 8.80. The standard InChI is InChI=1S/C24H40N2O3/c1-6-8-13-24(5,29-7-2)23(27)25-21-9-11-22(12-10-21)28-15-14-26-17-19(3)16-20(4)18-26/h9-12,19-20H,6-8,13-18H2,1-5H3,(H,25,27)/t19-,20+,24-/m0/s1. The van der Waals surface area contributed by atoms with E-state index in [1.54, 1.807) is 0 Å². The zero-order valence-electron chi connectivity index (χ0n) is 19.0.